The van der Waals surface area contributed by atoms with Crippen molar-refractivity contribution in [2.75, 3.05) is 11.9 Å². The van der Waals surface area contributed by atoms with Gasteiger partial charge in [0.2, 0.25) is 0 Å². The van der Waals surface area contributed by atoms with E-state index in [0.29, 0.717) is 35.0 Å². The third-order valence-electron chi connectivity index (χ3n) is 3.61. The minimum absolute atomic E-state index is 0.180. The molecule has 25 heavy (non-hydrogen) atoms. The lowest BCUT2D eigenvalue weighted by Crippen LogP contribution is -2.14. The largest absolute Gasteiger partial charge is 0.461 e. The lowest BCUT2D eigenvalue weighted by Gasteiger charge is -2.12. The van der Waals surface area contributed by atoms with E-state index >= 15 is 0 Å². The summed E-state index contributed by atoms with van der Waals surface area (Å²) < 4.78 is 5.24. The summed E-state index contributed by atoms with van der Waals surface area (Å²) in [7, 11) is 0. The molecule has 0 bridgehead atoms. The minimum atomic E-state index is -0.484. The van der Waals surface area contributed by atoms with Crippen LogP contribution in [0.3, 0.4) is 0 Å². The van der Waals surface area contributed by atoms with Gasteiger partial charge in [0.05, 0.1) is 17.6 Å². The molecule has 0 aliphatic rings. The fourth-order valence-corrected chi connectivity index (χ4v) is 2.55. The van der Waals surface area contributed by atoms with E-state index < -0.39 is 5.97 Å². The van der Waals surface area contributed by atoms with Gasteiger partial charge in [0.15, 0.2) is 11.5 Å². The number of anilines is 1. The van der Waals surface area contributed by atoms with E-state index in [9.17, 15) is 4.79 Å². The van der Waals surface area contributed by atoms with Crippen LogP contribution in [0, 0.1) is 0 Å². The van der Waals surface area contributed by atoms with E-state index in [1.54, 1.807) is 0 Å². The summed E-state index contributed by atoms with van der Waals surface area (Å²) in [6.45, 7) is 2.72. The van der Waals surface area contributed by atoms with Crippen LogP contribution in [0.5, 0.6) is 0 Å². The number of para-hydroxylation sites is 2. The SMILES string of the molecule is CCCOC(=O)c1nc2ccccc2nc1NCc1ccccc1Cl. The van der Waals surface area contributed by atoms with Crippen LogP contribution in [0.2, 0.25) is 5.02 Å². The first-order valence-electron chi connectivity index (χ1n) is 8.10. The minimum Gasteiger partial charge on any atom is -0.461 e. The average Bonchev–Trinajstić information content (AvgIpc) is 2.64. The van der Waals surface area contributed by atoms with Crippen molar-refractivity contribution in [2.24, 2.45) is 0 Å². The summed E-state index contributed by atoms with van der Waals surface area (Å²) in [5.41, 5.74) is 2.44. The Labute approximate surface area is 151 Å². The molecular formula is C19H18ClN3O2. The Balaban J connectivity index is 1.93. The van der Waals surface area contributed by atoms with E-state index in [1.807, 2.05) is 55.5 Å². The highest BCUT2D eigenvalue weighted by atomic mass is 35.5. The molecule has 1 N–H and O–H groups in total. The summed E-state index contributed by atoms with van der Waals surface area (Å²) in [6.07, 6.45) is 0.745. The zero-order valence-corrected chi connectivity index (χ0v) is 14.6. The molecule has 1 aromatic heterocycles. The molecule has 0 spiro atoms. The zero-order chi connectivity index (χ0) is 17.6. The van der Waals surface area contributed by atoms with Crippen molar-refractivity contribution in [1.29, 1.82) is 0 Å². The van der Waals surface area contributed by atoms with Crippen LogP contribution in [-0.4, -0.2) is 22.5 Å². The molecule has 0 atom stereocenters. The van der Waals surface area contributed by atoms with Crippen molar-refractivity contribution in [2.45, 2.75) is 19.9 Å². The van der Waals surface area contributed by atoms with Crippen LogP contribution in [0.1, 0.15) is 29.4 Å². The molecule has 3 aromatic rings. The van der Waals surface area contributed by atoms with Gasteiger partial charge < -0.3 is 10.1 Å². The number of ether oxygens (including phenoxy) is 1. The summed E-state index contributed by atoms with van der Waals surface area (Å²) in [4.78, 5) is 21.3. The molecule has 0 saturated carbocycles. The van der Waals surface area contributed by atoms with Gasteiger partial charge in [0.25, 0.3) is 0 Å². The third kappa shape index (κ3) is 4.06. The maximum Gasteiger partial charge on any atom is 0.360 e. The fourth-order valence-electron chi connectivity index (χ4n) is 2.35. The van der Waals surface area contributed by atoms with Gasteiger partial charge >= 0.3 is 5.97 Å². The van der Waals surface area contributed by atoms with Crippen molar-refractivity contribution in [3.63, 3.8) is 0 Å². The average molecular weight is 356 g/mol. The monoisotopic (exact) mass is 355 g/mol. The number of carbonyl (C=O) groups excluding carboxylic acids is 1. The Morgan fingerprint density at radius 1 is 1.08 bits per heavy atom. The number of nitrogens with one attached hydrogen (secondary N) is 1. The van der Waals surface area contributed by atoms with E-state index in [2.05, 4.69) is 15.3 Å². The molecule has 3 rings (SSSR count). The fraction of sp³-hybridized carbons (Fsp3) is 0.211. The smallest absolute Gasteiger partial charge is 0.360 e. The van der Waals surface area contributed by atoms with E-state index in [0.717, 1.165) is 12.0 Å². The molecule has 0 unspecified atom stereocenters. The number of halogens is 1. The van der Waals surface area contributed by atoms with Crippen LogP contribution in [-0.2, 0) is 11.3 Å². The van der Waals surface area contributed by atoms with Gasteiger partial charge in [-0.25, -0.2) is 14.8 Å². The molecule has 6 heteroatoms. The second-order valence-corrected chi connectivity index (χ2v) is 5.90. The Kier molecular flexibility index (Phi) is 5.46. The van der Waals surface area contributed by atoms with E-state index in [4.69, 9.17) is 16.3 Å². The highest BCUT2D eigenvalue weighted by molar-refractivity contribution is 6.31. The first kappa shape index (κ1) is 17.2. The standard InChI is InChI=1S/C19H18ClN3O2/c1-2-11-25-19(24)17-18(21-12-13-7-3-4-8-14(13)20)23-16-10-6-5-9-15(16)22-17/h3-10H,2,11-12H2,1H3,(H,21,23). The number of esters is 1. The Morgan fingerprint density at radius 3 is 2.48 bits per heavy atom. The number of nitrogens with zero attached hydrogens (tertiary/aromatic N) is 2. The molecule has 2 aromatic carbocycles. The summed E-state index contributed by atoms with van der Waals surface area (Å²) in [6, 6.07) is 14.9. The van der Waals surface area contributed by atoms with Crippen LogP contribution in [0.15, 0.2) is 48.5 Å². The molecule has 1 heterocycles. The predicted molar refractivity (Wildman–Crippen MR) is 98.9 cm³/mol. The topological polar surface area (TPSA) is 64.1 Å². The van der Waals surface area contributed by atoms with Crippen LogP contribution >= 0.6 is 11.6 Å². The molecule has 0 radical (unpaired) electrons. The highest BCUT2D eigenvalue weighted by Gasteiger charge is 2.18. The molecular weight excluding hydrogens is 338 g/mol. The van der Waals surface area contributed by atoms with Gasteiger partial charge in [-0.2, -0.15) is 0 Å². The maximum atomic E-state index is 12.4. The van der Waals surface area contributed by atoms with Gasteiger partial charge in [-0.05, 0) is 30.2 Å². The number of hydrogen-bond donors (Lipinski definition) is 1. The second-order valence-electron chi connectivity index (χ2n) is 5.49. The first-order valence-corrected chi connectivity index (χ1v) is 8.48. The second kappa shape index (κ2) is 7.94. The first-order chi connectivity index (χ1) is 12.2. The van der Waals surface area contributed by atoms with Crippen molar-refractivity contribution < 1.29 is 9.53 Å². The highest BCUT2D eigenvalue weighted by Crippen LogP contribution is 2.21. The van der Waals surface area contributed by atoms with Crippen molar-refractivity contribution in [3.05, 3.63) is 64.8 Å². The Hall–Kier alpha value is -2.66. The van der Waals surface area contributed by atoms with Crippen LogP contribution < -0.4 is 5.32 Å². The van der Waals surface area contributed by atoms with Crippen molar-refractivity contribution in [3.8, 4) is 0 Å². The Morgan fingerprint density at radius 2 is 1.76 bits per heavy atom. The number of aromatic nitrogens is 2. The number of hydrogen-bond acceptors (Lipinski definition) is 5. The quantitative estimate of drug-likeness (QED) is 0.661. The number of carbonyl (C=O) groups is 1. The third-order valence-corrected chi connectivity index (χ3v) is 3.97. The summed E-state index contributed by atoms with van der Waals surface area (Å²) >= 11 is 6.19. The van der Waals surface area contributed by atoms with Gasteiger partial charge in [-0.3, -0.25) is 0 Å². The number of fused-ring (bicyclic) bond motifs is 1. The lowest BCUT2D eigenvalue weighted by molar-refractivity contribution is 0.0499. The zero-order valence-electron chi connectivity index (χ0n) is 13.8. The van der Waals surface area contributed by atoms with Gasteiger partial charge in [0.1, 0.15) is 0 Å². The molecule has 0 aliphatic heterocycles. The van der Waals surface area contributed by atoms with E-state index in [-0.39, 0.29) is 5.69 Å². The molecule has 0 aliphatic carbocycles. The normalized spacial score (nSPS) is 10.6. The van der Waals surface area contributed by atoms with Gasteiger partial charge in [-0.15, -0.1) is 0 Å². The van der Waals surface area contributed by atoms with Crippen LogP contribution in [0.25, 0.3) is 11.0 Å². The van der Waals surface area contributed by atoms with Gasteiger partial charge in [-0.1, -0.05) is 48.9 Å². The van der Waals surface area contributed by atoms with E-state index in [1.165, 1.54) is 0 Å². The number of benzene rings is 2. The van der Waals surface area contributed by atoms with Crippen LogP contribution in [0.4, 0.5) is 5.82 Å². The molecule has 0 fully saturated rings. The molecule has 0 saturated heterocycles. The molecule has 5 nitrogen and oxygen atoms in total. The van der Waals surface area contributed by atoms with Gasteiger partial charge in [0, 0.05) is 11.6 Å². The lowest BCUT2D eigenvalue weighted by atomic mass is 10.2. The van der Waals surface area contributed by atoms with Crippen molar-refractivity contribution in [1.82, 2.24) is 9.97 Å². The summed E-state index contributed by atoms with van der Waals surface area (Å²) in [5.74, 6) is -0.0958. The molecule has 128 valence electrons. The summed E-state index contributed by atoms with van der Waals surface area (Å²) in [5, 5.41) is 3.81. The molecule has 0 amide bonds. The Bertz CT molecular complexity index is 899. The predicted octanol–water partition coefficient (Wildman–Crippen LogP) is 4.46. The van der Waals surface area contributed by atoms with Crippen molar-refractivity contribution >= 4 is 34.4 Å². The number of rotatable bonds is 6. The maximum absolute atomic E-state index is 12.4.